The lowest BCUT2D eigenvalue weighted by atomic mass is 9.76. The van der Waals surface area contributed by atoms with Crippen LogP contribution < -0.4 is 0 Å². The summed E-state index contributed by atoms with van der Waals surface area (Å²) in [4.78, 5) is 11.4. The highest BCUT2D eigenvalue weighted by molar-refractivity contribution is 5.74. The lowest BCUT2D eigenvalue weighted by molar-refractivity contribution is -0.150. The quantitative estimate of drug-likeness (QED) is 0.852. The molecule has 0 aliphatic carbocycles. The zero-order valence-corrected chi connectivity index (χ0v) is 11.2. The summed E-state index contributed by atoms with van der Waals surface area (Å²) >= 11 is 0. The number of carboxylic acids is 1. The van der Waals surface area contributed by atoms with E-state index >= 15 is 0 Å². The summed E-state index contributed by atoms with van der Waals surface area (Å²) in [5, 5.41) is 17.5. The molecule has 0 aliphatic rings. The number of rotatable bonds is 5. The van der Waals surface area contributed by atoms with Crippen LogP contribution in [0, 0.1) is 18.3 Å². The van der Waals surface area contributed by atoms with Crippen molar-refractivity contribution in [3.8, 4) is 0 Å². The van der Waals surface area contributed by atoms with E-state index in [4.69, 9.17) is 0 Å². The van der Waals surface area contributed by atoms with Gasteiger partial charge in [-0.2, -0.15) is 0 Å². The third kappa shape index (κ3) is 2.48. The van der Waals surface area contributed by atoms with Crippen LogP contribution in [0.5, 0.6) is 0 Å². The van der Waals surface area contributed by atoms with Crippen molar-refractivity contribution in [1.29, 1.82) is 0 Å². The van der Waals surface area contributed by atoms with E-state index in [-0.39, 0.29) is 5.92 Å². The van der Waals surface area contributed by atoms with E-state index < -0.39 is 11.4 Å². The number of carbonyl (C=O) groups is 1. The summed E-state index contributed by atoms with van der Waals surface area (Å²) < 4.78 is 1.96. The molecule has 0 bridgehead atoms. The first kappa shape index (κ1) is 13.7. The van der Waals surface area contributed by atoms with Crippen molar-refractivity contribution in [2.24, 2.45) is 11.3 Å². The molecule has 0 spiro atoms. The maximum absolute atomic E-state index is 11.4. The molecule has 1 heterocycles. The van der Waals surface area contributed by atoms with Crippen molar-refractivity contribution in [2.45, 2.75) is 47.6 Å². The smallest absolute Gasteiger partial charge is 0.310 e. The van der Waals surface area contributed by atoms with Gasteiger partial charge in [-0.3, -0.25) is 4.79 Å². The Morgan fingerprint density at radius 1 is 1.47 bits per heavy atom. The monoisotopic (exact) mass is 239 g/mol. The van der Waals surface area contributed by atoms with Crippen LogP contribution in [0.2, 0.25) is 0 Å². The molecule has 0 saturated carbocycles. The molecule has 0 amide bonds. The summed E-state index contributed by atoms with van der Waals surface area (Å²) in [6.45, 7) is 10.3. The van der Waals surface area contributed by atoms with E-state index in [9.17, 15) is 9.90 Å². The average Bonchev–Trinajstić information content (AvgIpc) is 2.58. The van der Waals surface area contributed by atoms with Gasteiger partial charge in [0, 0.05) is 13.0 Å². The fraction of sp³-hybridized carbons (Fsp3) is 0.750. The Hall–Kier alpha value is -1.39. The number of aryl methyl sites for hydroxylation is 1. The molecule has 1 aromatic heterocycles. The lowest BCUT2D eigenvalue weighted by Crippen LogP contribution is -2.36. The van der Waals surface area contributed by atoms with Crippen LogP contribution in [0.25, 0.3) is 0 Å². The van der Waals surface area contributed by atoms with Gasteiger partial charge in [0.25, 0.3) is 0 Å². The molecule has 0 radical (unpaired) electrons. The molecule has 0 saturated heterocycles. The molecule has 0 fully saturated rings. The van der Waals surface area contributed by atoms with E-state index in [1.807, 2.05) is 32.3 Å². The molecular formula is C12H21N3O2. The normalized spacial score (nSPS) is 14.9. The Labute approximate surface area is 102 Å². The first-order valence-corrected chi connectivity index (χ1v) is 5.95. The van der Waals surface area contributed by atoms with E-state index in [1.54, 1.807) is 6.92 Å². The molecular weight excluding hydrogens is 218 g/mol. The second kappa shape index (κ2) is 4.85. The van der Waals surface area contributed by atoms with Crippen LogP contribution in [-0.4, -0.2) is 25.8 Å². The largest absolute Gasteiger partial charge is 0.481 e. The molecule has 5 nitrogen and oxygen atoms in total. The summed E-state index contributed by atoms with van der Waals surface area (Å²) in [7, 11) is 0. The molecule has 1 N–H and O–H groups in total. The van der Waals surface area contributed by atoms with Gasteiger partial charge in [-0.15, -0.1) is 10.2 Å². The van der Waals surface area contributed by atoms with Crippen molar-refractivity contribution in [3.63, 3.8) is 0 Å². The molecule has 0 aromatic carbocycles. The minimum absolute atomic E-state index is 0.0438. The van der Waals surface area contributed by atoms with Crippen LogP contribution >= 0.6 is 0 Å². The van der Waals surface area contributed by atoms with Crippen molar-refractivity contribution in [2.75, 3.05) is 0 Å². The zero-order chi connectivity index (χ0) is 13.2. The molecule has 1 unspecified atom stereocenters. The third-order valence-corrected chi connectivity index (χ3v) is 3.62. The predicted molar refractivity (Wildman–Crippen MR) is 64.7 cm³/mol. The number of hydrogen-bond donors (Lipinski definition) is 1. The van der Waals surface area contributed by atoms with Gasteiger partial charge >= 0.3 is 5.97 Å². The maximum Gasteiger partial charge on any atom is 0.310 e. The van der Waals surface area contributed by atoms with Crippen LogP contribution in [0.1, 0.15) is 39.3 Å². The van der Waals surface area contributed by atoms with Crippen LogP contribution in [0.15, 0.2) is 0 Å². The third-order valence-electron chi connectivity index (χ3n) is 3.62. The van der Waals surface area contributed by atoms with Gasteiger partial charge in [-0.05, 0) is 26.7 Å². The highest BCUT2D eigenvalue weighted by Gasteiger charge is 2.38. The first-order valence-electron chi connectivity index (χ1n) is 5.95. The second-order valence-electron chi connectivity index (χ2n) is 4.96. The number of hydrogen-bond acceptors (Lipinski definition) is 3. The number of nitrogens with zero attached hydrogens (tertiary/aromatic N) is 3. The Morgan fingerprint density at radius 3 is 2.47 bits per heavy atom. The van der Waals surface area contributed by atoms with Gasteiger partial charge in [0.05, 0.1) is 5.41 Å². The Morgan fingerprint density at radius 2 is 2.06 bits per heavy atom. The van der Waals surface area contributed by atoms with Gasteiger partial charge in [0.15, 0.2) is 0 Å². The Balaban J connectivity index is 3.06. The van der Waals surface area contributed by atoms with Gasteiger partial charge in [-0.25, -0.2) is 0 Å². The highest BCUT2D eigenvalue weighted by atomic mass is 16.4. The summed E-state index contributed by atoms with van der Waals surface area (Å²) in [6, 6.07) is 0. The lowest BCUT2D eigenvalue weighted by Gasteiger charge is -2.28. The van der Waals surface area contributed by atoms with Crippen molar-refractivity contribution in [1.82, 2.24) is 14.8 Å². The molecule has 1 rings (SSSR count). The van der Waals surface area contributed by atoms with Crippen LogP contribution in [-0.2, 0) is 17.8 Å². The van der Waals surface area contributed by atoms with Crippen LogP contribution in [0.3, 0.4) is 0 Å². The standard InChI is InChI=1S/C12H21N3O2/c1-6-15-9(4)13-14-10(15)7-12(5,8(2)3)11(16)17/h8H,6-7H2,1-5H3,(H,16,17). The van der Waals surface area contributed by atoms with E-state index in [1.165, 1.54) is 0 Å². The van der Waals surface area contributed by atoms with Crippen molar-refractivity contribution < 1.29 is 9.90 Å². The average molecular weight is 239 g/mol. The van der Waals surface area contributed by atoms with Gasteiger partial charge in [0.2, 0.25) is 0 Å². The fourth-order valence-corrected chi connectivity index (χ4v) is 1.82. The van der Waals surface area contributed by atoms with Crippen molar-refractivity contribution in [3.05, 3.63) is 11.6 Å². The highest BCUT2D eigenvalue weighted by Crippen LogP contribution is 2.31. The van der Waals surface area contributed by atoms with Crippen molar-refractivity contribution >= 4 is 5.97 Å². The molecule has 0 aliphatic heterocycles. The molecule has 1 atom stereocenters. The van der Waals surface area contributed by atoms with E-state index in [2.05, 4.69) is 10.2 Å². The summed E-state index contributed by atoms with van der Waals surface area (Å²) in [5.41, 5.74) is -0.799. The van der Waals surface area contributed by atoms with Gasteiger partial charge in [-0.1, -0.05) is 13.8 Å². The second-order valence-corrected chi connectivity index (χ2v) is 4.96. The summed E-state index contributed by atoms with van der Waals surface area (Å²) in [5.74, 6) is 0.848. The number of carboxylic acid groups (broad SMARTS) is 1. The van der Waals surface area contributed by atoms with E-state index in [0.717, 1.165) is 18.2 Å². The van der Waals surface area contributed by atoms with Gasteiger partial charge < -0.3 is 9.67 Å². The topological polar surface area (TPSA) is 68.0 Å². The minimum Gasteiger partial charge on any atom is -0.481 e. The maximum atomic E-state index is 11.4. The minimum atomic E-state index is -0.799. The molecule has 5 heteroatoms. The molecule has 1 aromatic rings. The SMILES string of the molecule is CCn1c(C)nnc1CC(C)(C(=O)O)C(C)C. The summed E-state index contributed by atoms with van der Waals surface area (Å²) in [6.07, 6.45) is 0.411. The first-order chi connectivity index (χ1) is 7.82. The predicted octanol–water partition coefficient (Wildman–Crippen LogP) is 1.90. The van der Waals surface area contributed by atoms with E-state index in [0.29, 0.717) is 6.42 Å². The Kier molecular flexibility index (Phi) is 3.91. The molecule has 96 valence electrons. The number of aliphatic carboxylic acids is 1. The Bertz CT molecular complexity index is 412. The van der Waals surface area contributed by atoms with Gasteiger partial charge in [0.1, 0.15) is 11.6 Å². The number of aromatic nitrogens is 3. The molecule has 17 heavy (non-hydrogen) atoms. The zero-order valence-electron chi connectivity index (χ0n) is 11.2. The fourth-order valence-electron chi connectivity index (χ4n) is 1.82. The van der Waals surface area contributed by atoms with Crippen LogP contribution in [0.4, 0.5) is 0 Å².